The molecule has 1 aliphatic rings. The highest BCUT2D eigenvalue weighted by atomic mass is 16.1. The number of nitrogens with one attached hydrogen (secondary N) is 3. The highest BCUT2D eigenvalue weighted by Crippen LogP contribution is 2.22. The van der Waals surface area contributed by atoms with E-state index in [1.54, 1.807) is 6.92 Å². The number of anilines is 1. The van der Waals surface area contributed by atoms with Crippen LogP contribution in [0.1, 0.15) is 61.4 Å². The minimum atomic E-state index is -0.409. The molecule has 0 aliphatic heterocycles. The van der Waals surface area contributed by atoms with Gasteiger partial charge in [0.05, 0.1) is 17.2 Å². The van der Waals surface area contributed by atoms with Crippen LogP contribution < -0.4 is 21.7 Å². The van der Waals surface area contributed by atoms with E-state index in [2.05, 4.69) is 16.0 Å². The lowest BCUT2D eigenvalue weighted by Crippen LogP contribution is -2.39. The second kappa shape index (κ2) is 9.85. The van der Waals surface area contributed by atoms with Gasteiger partial charge >= 0.3 is 0 Å². The third-order valence-electron chi connectivity index (χ3n) is 5.26. The van der Waals surface area contributed by atoms with Crippen LogP contribution in [-0.2, 0) is 0 Å². The Morgan fingerprint density at radius 2 is 2.00 bits per heavy atom. The molecule has 3 rings (SSSR count). The first-order chi connectivity index (χ1) is 13.5. The molecule has 28 heavy (non-hydrogen) atoms. The number of carbonyl (C=O) groups is 1. The Balaban J connectivity index is 1.65. The molecule has 1 aromatic heterocycles. The molecule has 0 spiro atoms. The first-order valence-electron chi connectivity index (χ1n) is 10.5. The molecule has 152 valence electrons. The molecule has 1 heterocycles. The van der Waals surface area contributed by atoms with E-state index in [1.165, 1.54) is 32.1 Å². The fourth-order valence-electron chi connectivity index (χ4n) is 3.80. The summed E-state index contributed by atoms with van der Waals surface area (Å²) in [7, 11) is 0. The molecule has 1 unspecified atom stereocenters. The number of hydrogen-bond acceptors (Lipinski definition) is 5. The molecular formula is C22H33N5O. The second-order valence-corrected chi connectivity index (χ2v) is 7.91. The van der Waals surface area contributed by atoms with Gasteiger partial charge < -0.3 is 21.7 Å². The molecule has 1 aliphatic carbocycles. The zero-order chi connectivity index (χ0) is 19.9. The largest absolute Gasteiger partial charge is 0.369 e. The summed E-state index contributed by atoms with van der Waals surface area (Å²) in [6.07, 6.45) is 7.22. The first-order valence-corrected chi connectivity index (χ1v) is 10.5. The average Bonchev–Trinajstić information content (AvgIpc) is 2.67. The standard InChI is InChI=1S/C22H33N5O/c1-15-9-10-20-17(13-15)14-19(22(28)26-16(2)23)21(27-20)25-12-6-11-24-18-7-4-3-5-8-18/h9-10,13-14,16,18,24H,3-8,11-12,23H2,1-2H3,(H,25,27)(H,26,28). The SMILES string of the molecule is Cc1ccc2nc(NCCCNC3CCCCC3)c(C(=O)NC(C)N)cc2c1. The van der Waals surface area contributed by atoms with E-state index in [0.717, 1.165) is 36.0 Å². The minimum absolute atomic E-state index is 0.200. The number of nitrogens with two attached hydrogens (primary N) is 1. The molecular weight excluding hydrogens is 350 g/mol. The lowest BCUT2D eigenvalue weighted by atomic mass is 9.95. The van der Waals surface area contributed by atoms with Crippen molar-refractivity contribution in [2.75, 3.05) is 18.4 Å². The van der Waals surface area contributed by atoms with Gasteiger partial charge in [0.2, 0.25) is 0 Å². The summed E-state index contributed by atoms with van der Waals surface area (Å²) in [5.41, 5.74) is 8.31. The Kier molecular flexibility index (Phi) is 7.23. The van der Waals surface area contributed by atoms with E-state index in [4.69, 9.17) is 10.7 Å². The maximum atomic E-state index is 12.6. The molecule has 1 saturated carbocycles. The van der Waals surface area contributed by atoms with E-state index in [-0.39, 0.29) is 5.91 Å². The van der Waals surface area contributed by atoms with Crippen LogP contribution in [0, 0.1) is 6.92 Å². The van der Waals surface area contributed by atoms with Gasteiger partial charge in [-0.2, -0.15) is 0 Å². The van der Waals surface area contributed by atoms with Gasteiger partial charge in [-0.25, -0.2) is 4.98 Å². The second-order valence-electron chi connectivity index (χ2n) is 7.91. The van der Waals surface area contributed by atoms with Crippen LogP contribution in [0.3, 0.4) is 0 Å². The molecule has 1 atom stereocenters. The van der Waals surface area contributed by atoms with Gasteiger partial charge in [-0.3, -0.25) is 4.79 Å². The molecule has 2 aromatic rings. The third-order valence-corrected chi connectivity index (χ3v) is 5.26. The van der Waals surface area contributed by atoms with Crippen molar-refractivity contribution >= 4 is 22.6 Å². The first kappa shape index (κ1) is 20.6. The molecule has 1 aromatic carbocycles. The number of rotatable bonds is 8. The maximum Gasteiger partial charge on any atom is 0.256 e. The van der Waals surface area contributed by atoms with Crippen molar-refractivity contribution in [3.63, 3.8) is 0 Å². The van der Waals surface area contributed by atoms with Crippen molar-refractivity contribution in [1.82, 2.24) is 15.6 Å². The summed E-state index contributed by atoms with van der Waals surface area (Å²) in [5, 5.41) is 10.7. The number of benzene rings is 1. The van der Waals surface area contributed by atoms with Gasteiger partial charge in [0.25, 0.3) is 5.91 Å². The Morgan fingerprint density at radius 1 is 1.21 bits per heavy atom. The van der Waals surface area contributed by atoms with Crippen molar-refractivity contribution < 1.29 is 4.79 Å². The van der Waals surface area contributed by atoms with Gasteiger partial charge in [0.1, 0.15) is 5.82 Å². The van der Waals surface area contributed by atoms with Crippen LogP contribution in [0.5, 0.6) is 0 Å². The molecule has 6 heteroatoms. The molecule has 1 fully saturated rings. The summed E-state index contributed by atoms with van der Waals surface area (Å²) in [5.74, 6) is 0.418. The zero-order valence-corrected chi connectivity index (χ0v) is 17.1. The smallest absolute Gasteiger partial charge is 0.256 e. The summed E-state index contributed by atoms with van der Waals surface area (Å²) in [6.45, 7) is 5.53. The summed E-state index contributed by atoms with van der Waals surface area (Å²) in [4.78, 5) is 17.3. The van der Waals surface area contributed by atoms with Crippen LogP contribution in [0.2, 0.25) is 0 Å². The lowest BCUT2D eigenvalue weighted by molar-refractivity contribution is 0.0942. The molecule has 5 N–H and O–H groups in total. The number of aromatic nitrogens is 1. The number of aryl methyl sites for hydroxylation is 1. The van der Waals surface area contributed by atoms with Gasteiger partial charge in [0, 0.05) is 18.0 Å². The van der Waals surface area contributed by atoms with Crippen LogP contribution in [-0.4, -0.2) is 36.2 Å². The third kappa shape index (κ3) is 5.66. The van der Waals surface area contributed by atoms with Gasteiger partial charge in [-0.1, -0.05) is 30.9 Å². The van der Waals surface area contributed by atoms with E-state index in [1.807, 2.05) is 31.2 Å². The maximum absolute atomic E-state index is 12.6. The fourth-order valence-corrected chi connectivity index (χ4v) is 3.80. The fraction of sp³-hybridized carbons (Fsp3) is 0.545. The van der Waals surface area contributed by atoms with Gasteiger partial charge in [0.15, 0.2) is 0 Å². The van der Waals surface area contributed by atoms with Crippen molar-refractivity contribution in [1.29, 1.82) is 0 Å². The number of amides is 1. The number of carbonyl (C=O) groups excluding carboxylic acids is 1. The summed E-state index contributed by atoms with van der Waals surface area (Å²) in [6, 6.07) is 8.64. The Labute approximate surface area is 167 Å². The predicted octanol–water partition coefficient (Wildman–Crippen LogP) is 3.30. The van der Waals surface area contributed by atoms with Crippen LogP contribution >= 0.6 is 0 Å². The zero-order valence-electron chi connectivity index (χ0n) is 17.1. The highest BCUT2D eigenvalue weighted by Gasteiger charge is 2.16. The summed E-state index contributed by atoms with van der Waals surface area (Å²) >= 11 is 0. The van der Waals surface area contributed by atoms with Crippen LogP contribution in [0.15, 0.2) is 24.3 Å². The summed E-state index contributed by atoms with van der Waals surface area (Å²) < 4.78 is 0. The van der Waals surface area contributed by atoms with E-state index in [0.29, 0.717) is 17.4 Å². The van der Waals surface area contributed by atoms with E-state index < -0.39 is 6.17 Å². The molecule has 1 amide bonds. The van der Waals surface area contributed by atoms with Crippen LogP contribution in [0.4, 0.5) is 5.82 Å². The lowest BCUT2D eigenvalue weighted by Gasteiger charge is -2.22. The topological polar surface area (TPSA) is 92.1 Å². The average molecular weight is 384 g/mol. The van der Waals surface area contributed by atoms with Gasteiger partial charge in [-0.15, -0.1) is 0 Å². The minimum Gasteiger partial charge on any atom is -0.369 e. The van der Waals surface area contributed by atoms with Crippen molar-refractivity contribution in [2.45, 2.75) is 64.6 Å². The highest BCUT2D eigenvalue weighted by molar-refractivity contribution is 6.02. The number of pyridine rings is 1. The Morgan fingerprint density at radius 3 is 2.75 bits per heavy atom. The quantitative estimate of drug-likeness (QED) is 0.415. The Hall–Kier alpha value is -2.18. The monoisotopic (exact) mass is 383 g/mol. The van der Waals surface area contributed by atoms with Crippen molar-refractivity contribution in [3.05, 3.63) is 35.4 Å². The number of hydrogen-bond donors (Lipinski definition) is 4. The molecule has 0 bridgehead atoms. The van der Waals surface area contributed by atoms with Crippen molar-refractivity contribution in [2.24, 2.45) is 5.73 Å². The van der Waals surface area contributed by atoms with Crippen LogP contribution in [0.25, 0.3) is 10.9 Å². The van der Waals surface area contributed by atoms with E-state index in [9.17, 15) is 4.79 Å². The molecule has 6 nitrogen and oxygen atoms in total. The molecule has 0 radical (unpaired) electrons. The molecule has 0 saturated heterocycles. The number of nitrogens with zero attached hydrogens (tertiary/aromatic N) is 1. The van der Waals surface area contributed by atoms with E-state index >= 15 is 0 Å². The number of fused-ring (bicyclic) bond motifs is 1. The predicted molar refractivity (Wildman–Crippen MR) is 116 cm³/mol. The van der Waals surface area contributed by atoms with Gasteiger partial charge in [-0.05, 0) is 57.9 Å². The Bertz CT molecular complexity index is 799. The normalized spacial score (nSPS) is 16.1. The van der Waals surface area contributed by atoms with Crippen molar-refractivity contribution in [3.8, 4) is 0 Å².